The fraction of sp³-hybridized carbons (Fsp3) is 0.200. The van der Waals surface area contributed by atoms with Gasteiger partial charge in [0.2, 0.25) is 5.91 Å². The highest BCUT2D eigenvalue weighted by Crippen LogP contribution is 2.16. The van der Waals surface area contributed by atoms with Gasteiger partial charge in [0.05, 0.1) is 7.11 Å². The summed E-state index contributed by atoms with van der Waals surface area (Å²) in [5.41, 5.74) is 2.77. The molecule has 1 unspecified atom stereocenters. The van der Waals surface area contributed by atoms with Gasteiger partial charge in [-0.15, -0.1) is 0 Å². The van der Waals surface area contributed by atoms with Gasteiger partial charge >= 0.3 is 0 Å². The minimum Gasteiger partial charge on any atom is -0.497 e. The molecule has 32 heavy (non-hydrogen) atoms. The maximum absolute atomic E-state index is 13.4. The Balaban J connectivity index is 1.63. The van der Waals surface area contributed by atoms with Gasteiger partial charge in [0.15, 0.2) is 0 Å². The normalized spacial score (nSPS) is 11.3. The van der Waals surface area contributed by atoms with Crippen LogP contribution in [0, 0.1) is 12.7 Å². The van der Waals surface area contributed by atoms with Gasteiger partial charge in [0.1, 0.15) is 17.6 Å². The molecule has 3 N–H and O–H groups in total. The molecule has 0 spiro atoms. The number of benzene rings is 3. The number of hydrogen-bond donors (Lipinski definition) is 3. The van der Waals surface area contributed by atoms with Crippen LogP contribution in [0.3, 0.4) is 0 Å². The molecule has 2 amide bonds. The molecule has 3 rings (SSSR count). The third-order valence-electron chi connectivity index (χ3n) is 4.86. The lowest BCUT2D eigenvalue weighted by molar-refractivity contribution is -0.123. The van der Waals surface area contributed by atoms with Crippen LogP contribution in [0.25, 0.3) is 0 Å². The van der Waals surface area contributed by atoms with Crippen molar-refractivity contribution in [3.05, 3.63) is 95.3 Å². The van der Waals surface area contributed by atoms with E-state index in [0.717, 1.165) is 17.0 Å². The number of ether oxygens (including phenoxy) is 1. The first-order chi connectivity index (χ1) is 15.5. The van der Waals surface area contributed by atoms with Gasteiger partial charge in [-0.05, 0) is 61.0 Å². The van der Waals surface area contributed by atoms with Crippen LogP contribution in [0.1, 0.15) is 27.5 Å². The van der Waals surface area contributed by atoms with Crippen LogP contribution in [0.2, 0.25) is 0 Å². The summed E-state index contributed by atoms with van der Waals surface area (Å²) >= 11 is 0. The number of rotatable bonds is 9. The largest absolute Gasteiger partial charge is 0.497 e. The van der Waals surface area contributed by atoms with E-state index in [0.29, 0.717) is 24.2 Å². The Morgan fingerprint density at radius 1 is 0.969 bits per heavy atom. The van der Waals surface area contributed by atoms with Gasteiger partial charge < -0.3 is 20.7 Å². The Bertz CT molecular complexity index is 1050. The van der Waals surface area contributed by atoms with Crippen LogP contribution in [0.5, 0.6) is 5.75 Å². The lowest BCUT2D eigenvalue weighted by Crippen LogP contribution is -2.41. The predicted octanol–water partition coefficient (Wildman–Crippen LogP) is 3.84. The van der Waals surface area contributed by atoms with Crippen molar-refractivity contribution in [3.8, 4) is 5.75 Å². The topological polar surface area (TPSA) is 79.5 Å². The molecule has 0 aliphatic rings. The maximum Gasteiger partial charge on any atom is 0.252 e. The number of nitrogens with one attached hydrogen (secondary N) is 3. The highest BCUT2D eigenvalue weighted by atomic mass is 19.1. The minimum atomic E-state index is -0.954. The van der Waals surface area contributed by atoms with Crippen molar-refractivity contribution in [2.75, 3.05) is 25.5 Å². The molecule has 0 saturated carbocycles. The molecule has 6 nitrogen and oxygen atoms in total. The molecule has 0 heterocycles. The Labute approximate surface area is 186 Å². The molecular formula is C25H26FN3O3. The molecule has 0 aliphatic heterocycles. The second-order valence-electron chi connectivity index (χ2n) is 7.27. The van der Waals surface area contributed by atoms with E-state index in [1.54, 1.807) is 25.3 Å². The first-order valence-corrected chi connectivity index (χ1v) is 10.2. The molecule has 0 aromatic heterocycles. The van der Waals surface area contributed by atoms with Crippen molar-refractivity contribution in [2.45, 2.75) is 13.0 Å². The summed E-state index contributed by atoms with van der Waals surface area (Å²) in [4.78, 5) is 25.6. The lowest BCUT2D eigenvalue weighted by atomic mass is 10.0. The van der Waals surface area contributed by atoms with Crippen molar-refractivity contribution in [1.29, 1.82) is 0 Å². The van der Waals surface area contributed by atoms with Gasteiger partial charge in [-0.25, -0.2) is 4.39 Å². The highest BCUT2D eigenvalue weighted by molar-refractivity contribution is 5.98. The summed E-state index contributed by atoms with van der Waals surface area (Å²) in [7, 11) is 1.60. The summed E-state index contributed by atoms with van der Waals surface area (Å²) in [5.74, 6) is -0.416. The molecule has 0 aliphatic carbocycles. The number of anilines is 1. The predicted molar refractivity (Wildman–Crippen MR) is 122 cm³/mol. The number of hydrogen-bond acceptors (Lipinski definition) is 4. The molecule has 3 aromatic rings. The van der Waals surface area contributed by atoms with Crippen LogP contribution >= 0.6 is 0 Å². The van der Waals surface area contributed by atoms with E-state index >= 15 is 0 Å². The number of halogens is 1. The zero-order valence-corrected chi connectivity index (χ0v) is 18.0. The van der Waals surface area contributed by atoms with Gasteiger partial charge in [-0.2, -0.15) is 0 Å². The van der Waals surface area contributed by atoms with E-state index in [4.69, 9.17) is 4.74 Å². The number of aryl methyl sites for hydroxylation is 1. The Hall–Kier alpha value is -3.87. The van der Waals surface area contributed by atoms with E-state index in [-0.39, 0.29) is 11.8 Å². The van der Waals surface area contributed by atoms with Gasteiger partial charge in [-0.3, -0.25) is 9.59 Å². The van der Waals surface area contributed by atoms with Crippen LogP contribution in [-0.2, 0) is 4.79 Å². The first kappa shape index (κ1) is 22.8. The van der Waals surface area contributed by atoms with Crippen molar-refractivity contribution >= 4 is 17.5 Å². The minimum absolute atomic E-state index is 0.336. The molecule has 166 valence electrons. The second-order valence-corrected chi connectivity index (χ2v) is 7.27. The summed E-state index contributed by atoms with van der Waals surface area (Å²) in [6.45, 7) is 2.71. The lowest BCUT2D eigenvalue weighted by Gasteiger charge is -2.19. The summed E-state index contributed by atoms with van der Waals surface area (Å²) in [6, 6.07) is 19.1. The van der Waals surface area contributed by atoms with Crippen LogP contribution in [0.4, 0.5) is 10.1 Å². The van der Waals surface area contributed by atoms with E-state index in [1.807, 2.05) is 37.3 Å². The number of carbonyl (C=O) groups excluding carboxylic acids is 2. The SMILES string of the molecule is COc1ccc(NCCNC(=O)C(NC(=O)c2cccc(C)c2)c2ccc(F)cc2)cc1. The molecule has 0 bridgehead atoms. The Morgan fingerprint density at radius 2 is 1.69 bits per heavy atom. The third-order valence-corrected chi connectivity index (χ3v) is 4.86. The zero-order valence-electron chi connectivity index (χ0n) is 18.0. The van der Waals surface area contributed by atoms with Crippen LogP contribution in [-0.4, -0.2) is 32.0 Å². The Kier molecular flexibility index (Phi) is 7.80. The van der Waals surface area contributed by atoms with E-state index in [1.165, 1.54) is 24.3 Å². The van der Waals surface area contributed by atoms with Gasteiger partial charge in [-0.1, -0.05) is 29.8 Å². The second kappa shape index (κ2) is 10.9. The van der Waals surface area contributed by atoms with E-state index in [2.05, 4.69) is 16.0 Å². The molecule has 0 radical (unpaired) electrons. The molecule has 1 atom stereocenters. The third kappa shape index (κ3) is 6.31. The maximum atomic E-state index is 13.4. The standard InChI is InChI=1S/C25H26FN3O3/c1-17-4-3-5-19(16-17)24(30)29-23(18-6-8-20(26)9-7-18)25(31)28-15-14-27-21-10-12-22(32-2)13-11-21/h3-13,16,23,27H,14-15H2,1-2H3,(H,28,31)(H,29,30). The fourth-order valence-corrected chi connectivity index (χ4v) is 3.16. The average molecular weight is 435 g/mol. The monoisotopic (exact) mass is 435 g/mol. The van der Waals surface area contributed by atoms with Crippen molar-refractivity contribution in [2.24, 2.45) is 0 Å². The number of methoxy groups -OCH3 is 1. The van der Waals surface area contributed by atoms with Gasteiger partial charge in [0.25, 0.3) is 5.91 Å². The van der Waals surface area contributed by atoms with Crippen LogP contribution < -0.4 is 20.7 Å². The van der Waals surface area contributed by atoms with Crippen molar-refractivity contribution in [3.63, 3.8) is 0 Å². The number of carbonyl (C=O) groups is 2. The molecule has 0 fully saturated rings. The fourth-order valence-electron chi connectivity index (χ4n) is 3.16. The van der Waals surface area contributed by atoms with Gasteiger partial charge in [0, 0.05) is 24.3 Å². The van der Waals surface area contributed by atoms with Crippen molar-refractivity contribution < 1.29 is 18.7 Å². The Morgan fingerprint density at radius 3 is 2.34 bits per heavy atom. The van der Waals surface area contributed by atoms with E-state index in [9.17, 15) is 14.0 Å². The summed E-state index contributed by atoms with van der Waals surface area (Å²) < 4.78 is 18.5. The quantitative estimate of drug-likeness (QED) is 0.446. The molecule has 7 heteroatoms. The number of amides is 2. The highest BCUT2D eigenvalue weighted by Gasteiger charge is 2.23. The first-order valence-electron chi connectivity index (χ1n) is 10.2. The zero-order chi connectivity index (χ0) is 22.9. The van der Waals surface area contributed by atoms with Crippen LogP contribution in [0.15, 0.2) is 72.8 Å². The summed E-state index contributed by atoms with van der Waals surface area (Å²) in [5, 5.41) is 8.78. The average Bonchev–Trinajstić information content (AvgIpc) is 2.81. The van der Waals surface area contributed by atoms with E-state index < -0.39 is 11.9 Å². The molecule has 3 aromatic carbocycles. The van der Waals surface area contributed by atoms with Crippen molar-refractivity contribution in [1.82, 2.24) is 10.6 Å². The molecule has 0 saturated heterocycles. The molecular weight excluding hydrogens is 409 g/mol. The summed E-state index contributed by atoms with van der Waals surface area (Å²) in [6.07, 6.45) is 0. The smallest absolute Gasteiger partial charge is 0.252 e.